The molecule has 1 aliphatic rings. The van der Waals surface area contributed by atoms with Gasteiger partial charge in [0.05, 0.1) is 5.25 Å². The number of rotatable bonds is 2. The number of carbonyl (C=O) groups is 1. The molecule has 0 bridgehead atoms. The van der Waals surface area contributed by atoms with Gasteiger partial charge in [0.1, 0.15) is 11.4 Å². The first-order valence-corrected chi connectivity index (χ1v) is 9.31. The standard InChI is InChI=1S/C16H23FN2O4S/c1-16(2,3)23-15(20)19-9-12(8-14(10-19)24(18,21)22)11-4-6-13(17)7-5-11/h4-7,12,14H,8-10H2,1-3H3,(H2,18,21,22)/t12?,14-/m1/s1. The van der Waals surface area contributed by atoms with Crippen molar-refractivity contribution in [2.75, 3.05) is 13.1 Å². The molecule has 1 heterocycles. The number of hydrogen-bond acceptors (Lipinski definition) is 4. The van der Waals surface area contributed by atoms with Crippen molar-refractivity contribution in [2.45, 2.75) is 44.0 Å². The highest BCUT2D eigenvalue weighted by Gasteiger charge is 2.37. The molecule has 2 rings (SSSR count). The van der Waals surface area contributed by atoms with Gasteiger partial charge in [-0.05, 0) is 44.9 Å². The molecule has 2 N–H and O–H groups in total. The van der Waals surface area contributed by atoms with Gasteiger partial charge in [-0.25, -0.2) is 22.7 Å². The van der Waals surface area contributed by atoms with Crippen LogP contribution in [-0.2, 0) is 14.8 Å². The molecule has 0 spiro atoms. The van der Waals surface area contributed by atoms with Gasteiger partial charge in [-0.3, -0.25) is 0 Å². The molecular weight excluding hydrogens is 335 g/mol. The fourth-order valence-corrected chi connectivity index (χ4v) is 3.63. The molecule has 1 aliphatic heterocycles. The van der Waals surface area contributed by atoms with Crippen molar-refractivity contribution in [3.05, 3.63) is 35.6 Å². The number of nitrogens with zero attached hydrogens (tertiary/aromatic N) is 1. The number of sulfonamides is 1. The van der Waals surface area contributed by atoms with Crippen molar-refractivity contribution >= 4 is 16.1 Å². The zero-order chi connectivity index (χ0) is 18.1. The number of nitrogens with two attached hydrogens (primary N) is 1. The lowest BCUT2D eigenvalue weighted by molar-refractivity contribution is 0.0201. The van der Waals surface area contributed by atoms with Crippen LogP contribution in [0.4, 0.5) is 9.18 Å². The van der Waals surface area contributed by atoms with E-state index in [0.717, 1.165) is 5.56 Å². The van der Waals surface area contributed by atoms with Crippen LogP contribution >= 0.6 is 0 Å². The molecule has 1 aromatic carbocycles. The van der Waals surface area contributed by atoms with Crippen molar-refractivity contribution in [3.8, 4) is 0 Å². The van der Waals surface area contributed by atoms with Crippen molar-refractivity contribution in [3.63, 3.8) is 0 Å². The van der Waals surface area contributed by atoms with Crippen LogP contribution in [0.15, 0.2) is 24.3 Å². The van der Waals surface area contributed by atoms with Crippen molar-refractivity contribution in [1.82, 2.24) is 4.90 Å². The predicted octanol–water partition coefficient (Wildman–Crippen LogP) is 2.21. The number of halogens is 1. The summed E-state index contributed by atoms with van der Waals surface area (Å²) in [7, 11) is -3.81. The summed E-state index contributed by atoms with van der Waals surface area (Å²) >= 11 is 0. The van der Waals surface area contributed by atoms with E-state index in [0.29, 0.717) is 6.54 Å². The number of amides is 1. The van der Waals surface area contributed by atoms with Crippen LogP contribution < -0.4 is 5.14 Å². The van der Waals surface area contributed by atoms with E-state index in [1.807, 2.05) is 0 Å². The van der Waals surface area contributed by atoms with Crippen LogP contribution in [0.3, 0.4) is 0 Å². The first-order chi connectivity index (χ1) is 11.0. The van der Waals surface area contributed by atoms with Crippen molar-refractivity contribution < 1.29 is 22.3 Å². The minimum absolute atomic E-state index is 0.00849. The summed E-state index contributed by atoms with van der Waals surface area (Å²) < 4.78 is 42.1. The molecule has 6 nitrogen and oxygen atoms in total. The normalized spacial score (nSPS) is 22.3. The van der Waals surface area contributed by atoms with Gasteiger partial charge < -0.3 is 9.64 Å². The van der Waals surface area contributed by atoms with Gasteiger partial charge in [-0.15, -0.1) is 0 Å². The Morgan fingerprint density at radius 1 is 1.25 bits per heavy atom. The van der Waals surface area contributed by atoms with E-state index in [2.05, 4.69) is 0 Å². The van der Waals surface area contributed by atoms with Crippen LogP contribution in [0.25, 0.3) is 0 Å². The van der Waals surface area contributed by atoms with Gasteiger partial charge in [0.2, 0.25) is 10.0 Å². The number of primary sulfonamides is 1. The SMILES string of the molecule is CC(C)(C)OC(=O)N1CC(c2ccc(F)cc2)C[C@@H](S(N)(=O)=O)C1. The molecule has 0 saturated carbocycles. The number of ether oxygens (including phenoxy) is 1. The summed E-state index contributed by atoms with van der Waals surface area (Å²) in [5, 5.41) is 4.42. The van der Waals surface area contributed by atoms with Gasteiger partial charge >= 0.3 is 6.09 Å². The second-order valence-electron chi connectivity index (χ2n) is 7.08. The van der Waals surface area contributed by atoms with E-state index in [1.165, 1.54) is 17.0 Å². The Balaban J connectivity index is 2.26. The van der Waals surface area contributed by atoms with Crippen LogP contribution in [0, 0.1) is 5.82 Å². The fraction of sp³-hybridized carbons (Fsp3) is 0.562. The highest BCUT2D eigenvalue weighted by atomic mass is 32.2. The van der Waals surface area contributed by atoms with E-state index in [9.17, 15) is 17.6 Å². The van der Waals surface area contributed by atoms with Gasteiger partial charge in [0, 0.05) is 19.0 Å². The average molecular weight is 358 g/mol. The lowest BCUT2D eigenvalue weighted by Crippen LogP contribution is -2.50. The largest absolute Gasteiger partial charge is 0.444 e. The van der Waals surface area contributed by atoms with E-state index in [4.69, 9.17) is 9.88 Å². The second-order valence-corrected chi connectivity index (χ2v) is 8.93. The molecule has 1 aromatic rings. The van der Waals surface area contributed by atoms with Crippen LogP contribution in [-0.4, -0.2) is 43.4 Å². The monoisotopic (exact) mass is 358 g/mol. The summed E-state index contributed by atoms with van der Waals surface area (Å²) in [4.78, 5) is 13.7. The minimum Gasteiger partial charge on any atom is -0.444 e. The van der Waals surface area contributed by atoms with Gasteiger partial charge in [-0.2, -0.15) is 0 Å². The highest BCUT2D eigenvalue weighted by molar-refractivity contribution is 7.89. The van der Waals surface area contributed by atoms with Crippen LogP contribution in [0.1, 0.15) is 38.7 Å². The average Bonchev–Trinajstić information content (AvgIpc) is 2.45. The van der Waals surface area contributed by atoms with Crippen LogP contribution in [0.5, 0.6) is 0 Å². The Labute approximate surface area is 141 Å². The fourth-order valence-electron chi connectivity index (χ4n) is 2.74. The number of likely N-dealkylation sites (tertiary alicyclic amines) is 1. The third kappa shape index (κ3) is 4.91. The summed E-state index contributed by atoms with van der Waals surface area (Å²) in [6.07, 6.45) is -0.299. The maximum absolute atomic E-state index is 13.1. The van der Waals surface area contributed by atoms with Gasteiger partial charge in [0.25, 0.3) is 0 Å². The highest BCUT2D eigenvalue weighted by Crippen LogP contribution is 2.30. The Kier molecular flexibility index (Phi) is 5.19. The molecular formula is C16H23FN2O4S. The zero-order valence-corrected chi connectivity index (χ0v) is 14.8. The van der Waals surface area contributed by atoms with Crippen molar-refractivity contribution in [2.24, 2.45) is 5.14 Å². The zero-order valence-electron chi connectivity index (χ0n) is 14.0. The Morgan fingerprint density at radius 3 is 2.33 bits per heavy atom. The lowest BCUT2D eigenvalue weighted by Gasteiger charge is -2.37. The predicted molar refractivity (Wildman–Crippen MR) is 88.5 cm³/mol. The summed E-state index contributed by atoms with van der Waals surface area (Å²) in [6.45, 7) is 5.51. The number of hydrogen-bond donors (Lipinski definition) is 1. The lowest BCUT2D eigenvalue weighted by atomic mass is 9.90. The molecule has 1 fully saturated rings. The van der Waals surface area contributed by atoms with Crippen LogP contribution in [0.2, 0.25) is 0 Å². The summed E-state index contributed by atoms with van der Waals surface area (Å²) in [5.41, 5.74) is 0.0788. The second kappa shape index (κ2) is 6.68. The molecule has 2 atom stereocenters. The molecule has 24 heavy (non-hydrogen) atoms. The Morgan fingerprint density at radius 2 is 1.83 bits per heavy atom. The maximum atomic E-state index is 13.1. The number of carbonyl (C=O) groups excluding carboxylic acids is 1. The molecule has 0 radical (unpaired) electrons. The maximum Gasteiger partial charge on any atom is 0.410 e. The smallest absolute Gasteiger partial charge is 0.410 e. The quantitative estimate of drug-likeness (QED) is 0.878. The minimum atomic E-state index is -3.81. The van der Waals surface area contributed by atoms with E-state index >= 15 is 0 Å². The molecule has 134 valence electrons. The molecule has 1 amide bonds. The van der Waals surface area contributed by atoms with Crippen molar-refractivity contribution in [1.29, 1.82) is 0 Å². The molecule has 8 heteroatoms. The number of piperidine rings is 1. The van der Waals surface area contributed by atoms with E-state index in [1.54, 1.807) is 32.9 Å². The summed E-state index contributed by atoms with van der Waals surface area (Å²) in [5.74, 6) is -0.628. The van der Waals surface area contributed by atoms with Gasteiger partial charge in [-0.1, -0.05) is 12.1 Å². The Hall–Kier alpha value is -1.67. The third-order valence-corrected chi connectivity index (χ3v) is 5.14. The third-order valence-electron chi connectivity index (χ3n) is 3.87. The first-order valence-electron chi connectivity index (χ1n) is 7.71. The molecule has 1 saturated heterocycles. The van der Waals surface area contributed by atoms with E-state index in [-0.39, 0.29) is 24.7 Å². The topological polar surface area (TPSA) is 89.7 Å². The summed E-state index contributed by atoms with van der Waals surface area (Å²) in [6, 6.07) is 5.82. The Bertz CT molecular complexity index is 698. The molecule has 1 unspecified atom stereocenters. The van der Waals surface area contributed by atoms with Gasteiger partial charge in [0.15, 0.2) is 0 Å². The molecule has 0 aromatic heterocycles. The molecule has 0 aliphatic carbocycles. The first kappa shape index (κ1) is 18.7. The number of benzene rings is 1. The van der Waals surface area contributed by atoms with E-state index < -0.39 is 27.0 Å².